The first-order valence-corrected chi connectivity index (χ1v) is 3.90. The lowest BCUT2D eigenvalue weighted by molar-refractivity contribution is -0.138. The number of hydrogen-bond acceptors (Lipinski definition) is 4. The number of rotatable bonds is 5. The molecule has 0 bridgehead atoms. The Kier molecular flexibility index (Phi) is 5.41. The van der Waals surface area contributed by atoms with Crippen molar-refractivity contribution >= 4 is 0 Å². The quantitative estimate of drug-likeness (QED) is 0.487. The Bertz CT molecular complexity index is 89.7. The molecule has 3 N–H and O–H groups in total. The van der Waals surface area contributed by atoms with Crippen LogP contribution in [0.3, 0.4) is 0 Å². The predicted molar refractivity (Wildman–Crippen MR) is 41.5 cm³/mol. The van der Waals surface area contributed by atoms with Gasteiger partial charge < -0.3 is 15.3 Å². The van der Waals surface area contributed by atoms with Gasteiger partial charge in [0.05, 0.1) is 6.73 Å². The summed E-state index contributed by atoms with van der Waals surface area (Å²) in [5.74, 6) is 0. The van der Waals surface area contributed by atoms with E-state index in [1.807, 2.05) is 0 Å². The molecular weight excluding hydrogens is 146 g/mol. The maximum Gasteiger partial charge on any atom is 0.110 e. The predicted octanol–water partition coefficient (Wildman–Crippen LogP) is -0.305. The highest BCUT2D eigenvalue weighted by molar-refractivity contribution is 4.58. The molecule has 0 spiro atoms. The molecule has 68 valence electrons. The van der Waals surface area contributed by atoms with Crippen molar-refractivity contribution in [3.8, 4) is 0 Å². The van der Waals surface area contributed by atoms with Gasteiger partial charge in [-0.25, -0.2) is 4.90 Å². The van der Waals surface area contributed by atoms with E-state index in [-0.39, 0.29) is 6.73 Å². The second kappa shape index (κ2) is 5.49. The van der Waals surface area contributed by atoms with Crippen LogP contribution >= 0.6 is 0 Å². The molecule has 0 aliphatic rings. The van der Waals surface area contributed by atoms with Crippen LogP contribution in [0.1, 0.15) is 26.7 Å². The third-order valence-corrected chi connectivity index (χ3v) is 1.66. The van der Waals surface area contributed by atoms with E-state index in [1.54, 1.807) is 13.8 Å². The lowest BCUT2D eigenvalue weighted by Crippen LogP contribution is -2.43. The molecule has 0 radical (unpaired) electrons. The Balaban J connectivity index is 3.92. The number of hydrogen-bond donors (Lipinski definition) is 3. The molecule has 0 aromatic carbocycles. The summed E-state index contributed by atoms with van der Waals surface area (Å²) in [6.45, 7) is 3.26. The van der Waals surface area contributed by atoms with Gasteiger partial charge in [0.2, 0.25) is 0 Å². The average molecular weight is 163 g/mol. The minimum absolute atomic E-state index is 0.315. The first-order valence-electron chi connectivity index (χ1n) is 3.90. The average Bonchev–Trinajstić information content (AvgIpc) is 2.05. The third-order valence-electron chi connectivity index (χ3n) is 1.66. The van der Waals surface area contributed by atoms with E-state index in [9.17, 15) is 10.2 Å². The molecule has 0 heterocycles. The Morgan fingerprint density at radius 2 is 1.45 bits per heavy atom. The van der Waals surface area contributed by atoms with Gasteiger partial charge in [-0.3, -0.25) is 0 Å². The zero-order valence-corrected chi connectivity index (χ0v) is 7.06. The van der Waals surface area contributed by atoms with E-state index in [2.05, 4.69) is 0 Å². The molecule has 0 aromatic heterocycles. The molecule has 0 amide bonds. The number of nitrogens with zero attached hydrogens (tertiary/aromatic N) is 1. The van der Waals surface area contributed by atoms with Crippen molar-refractivity contribution in [3.05, 3.63) is 0 Å². The van der Waals surface area contributed by atoms with E-state index in [1.165, 1.54) is 4.90 Å². The summed E-state index contributed by atoms with van der Waals surface area (Å²) in [4.78, 5) is 1.24. The molecule has 11 heavy (non-hydrogen) atoms. The van der Waals surface area contributed by atoms with E-state index >= 15 is 0 Å². The van der Waals surface area contributed by atoms with Crippen LogP contribution in [0, 0.1) is 0 Å². The molecule has 0 saturated heterocycles. The van der Waals surface area contributed by atoms with Gasteiger partial charge in [0.1, 0.15) is 12.5 Å². The first kappa shape index (κ1) is 10.8. The molecule has 0 rings (SSSR count). The second-order valence-corrected chi connectivity index (χ2v) is 2.43. The van der Waals surface area contributed by atoms with Crippen LogP contribution in [0.4, 0.5) is 0 Å². The van der Waals surface area contributed by atoms with Gasteiger partial charge in [-0.15, -0.1) is 0 Å². The second-order valence-electron chi connectivity index (χ2n) is 2.43. The fourth-order valence-corrected chi connectivity index (χ4v) is 0.856. The molecule has 4 nitrogen and oxygen atoms in total. The molecule has 2 atom stereocenters. The maximum atomic E-state index is 9.23. The monoisotopic (exact) mass is 163 g/mol. The zero-order chi connectivity index (χ0) is 8.85. The zero-order valence-electron chi connectivity index (χ0n) is 7.06. The van der Waals surface area contributed by atoms with Gasteiger partial charge in [0.25, 0.3) is 0 Å². The fourth-order valence-electron chi connectivity index (χ4n) is 0.856. The summed E-state index contributed by atoms with van der Waals surface area (Å²) < 4.78 is 0. The summed E-state index contributed by atoms with van der Waals surface area (Å²) in [6.07, 6.45) is -0.514. The fraction of sp³-hybridized carbons (Fsp3) is 1.00. The summed E-state index contributed by atoms with van der Waals surface area (Å²) in [5.41, 5.74) is 0. The van der Waals surface area contributed by atoms with Crippen molar-refractivity contribution in [1.82, 2.24) is 4.90 Å². The minimum atomic E-state index is -0.755. The Labute approximate surface area is 67.1 Å². The van der Waals surface area contributed by atoms with Crippen LogP contribution in [0.2, 0.25) is 0 Å². The van der Waals surface area contributed by atoms with Crippen LogP contribution in [-0.2, 0) is 0 Å². The van der Waals surface area contributed by atoms with Crippen LogP contribution in [0.15, 0.2) is 0 Å². The summed E-state index contributed by atoms with van der Waals surface area (Å²) in [6, 6.07) is 0. The van der Waals surface area contributed by atoms with E-state index in [4.69, 9.17) is 5.11 Å². The van der Waals surface area contributed by atoms with E-state index < -0.39 is 12.5 Å². The highest BCUT2D eigenvalue weighted by atomic mass is 16.4. The van der Waals surface area contributed by atoms with Crippen molar-refractivity contribution < 1.29 is 15.3 Å². The van der Waals surface area contributed by atoms with Crippen molar-refractivity contribution in [3.63, 3.8) is 0 Å². The highest BCUT2D eigenvalue weighted by Gasteiger charge is 2.18. The Hall–Kier alpha value is -0.160. The Morgan fingerprint density at radius 3 is 1.64 bits per heavy atom. The van der Waals surface area contributed by atoms with E-state index in [0.29, 0.717) is 12.8 Å². The lowest BCUT2D eigenvalue weighted by Gasteiger charge is -2.28. The van der Waals surface area contributed by atoms with Gasteiger partial charge in [-0.05, 0) is 12.8 Å². The minimum Gasteiger partial charge on any atom is -0.381 e. The molecule has 0 aromatic rings. The van der Waals surface area contributed by atoms with Gasteiger partial charge in [-0.2, -0.15) is 0 Å². The molecular formula is C7H17NO3. The van der Waals surface area contributed by atoms with E-state index in [0.717, 1.165) is 0 Å². The lowest BCUT2D eigenvalue weighted by atomic mass is 10.3. The van der Waals surface area contributed by atoms with Crippen LogP contribution in [0.25, 0.3) is 0 Å². The van der Waals surface area contributed by atoms with Crippen molar-refractivity contribution in [2.24, 2.45) is 0 Å². The topological polar surface area (TPSA) is 63.9 Å². The molecule has 0 fully saturated rings. The van der Waals surface area contributed by atoms with Crippen LogP contribution in [0.5, 0.6) is 0 Å². The van der Waals surface area contributed by atoms with Crippen LogP contribution < -0.4 is 0 Å². The maximum absolute atomic E-state index is 9.23. The standard InChI is InChI=1S/C7H17NO3/c1-3-6(10)8(5-9)7(11)4-2/h6-7,9-11H,3-5H2,1-2H3. The molecule has 4 heteroatoms. The largest absolute Gasteiger partial charge is 0.381 e. The number of aliphatic hydroxyl groups is 3. The molecule has 0 aliphatic heterocycles. The normalized spacial score (nSPS) is 16.9. The van der Waals surface area contributed by atoms with Crippen molar-refractivity contribution in [2.75, 3.05) is 6.73 Å². The number of aliphatic hydroxyl groups excluding tert-OH is 3. The smallest absolute Gasteiger partial charge is 0.110 e. The molecule has 0 aliphatic carbocycles. The third kappa shape index (κ3) is 3.16. The highest BCUT2D eigenvalue weighted by Crippen LogP contribution is 2.05. The van der Waals surface area contributed by atoms with Gasteiger partial charge in [0, 0.05) is 0 Å². The summed E-state index contributed by atoms with van der Waals surface area (Å²) in [5, 5.41) is 27.2. The first-order chi connectivity index (χ1) is 5.17. The Morgan fingerprint density at radius 1 is 1.09 bits per heavy atom. The summed E-state index contributed by atoms with van der Waals surface area (Å²) >= 11 is 0. The molecule has 0 saturated carbocycles. The van der Waals surface area contributed by atoms with Gasteiger partial charge >= 0.3 is 0 Å². The van der Waals surface area contributed by atoms with Gasteiger partial charge in [0.15, 0.2) is 0 Å². The van der Waals surface area contributed by atoms with Crippen molar-refractivity contribution in [2.45, 2.75) is 39.1 Å². The van der Waals surface area contributed by atoms with Crippen molar-refractivity contribution in [1.29, 1.82) is 0 Å². The SMILES string of the molecule is CCC(O)N(CO)C(O)CC. The summed E-state index contributed by atoms with van der Waals surface area (Å²) in [7, 11) is 0. The van der Waals surface area contributed by atoms with Crippen LogP contribution in [-0.4, -0.2) is 39.4 Å². The molecule has 2 unspecified atom stereocenters. The van der Waals surface area contributed by atoms with Gasteiger partial charge in [-0.1, -0.05) is 13.8 Å².